The van der Waals surface area contributed by atoms with Gasteiger partial charge in [-0.2, -0.15) is 0 Å². The molecule has 3 aliphatic rings. The summed E-state index contributed by atoms with van der Waals surface area (Å²) in [5.41, 5.74) is 1.72. The molecule has 5 rings (SSSR count). The Balaban J connectivity index is 1.38. The molecule has 2 N–H and O–H groups in total. The number of amides is 2. The molecule has 0 unspecified atom stereocenters. The number of nitrogens with one attached hydrogen (secondary N) is 2. The molecule has 1 atom stereocenters. The molecular weight excluding hydrogens is 362 g/mol. The molecular formula is C20H23N3O3S. The minimum Gasteiger partial charge on any atom is -0.399 e. The van der Waals surface area contributed by atoms with Gasteiger partial charge in [-0.15, -0.1) is 0 Å². The van der Waals surface area contributed by atoms with Crippen LogP contribution in [0.5, 0.6) is 5.06 Å². The maximum Gasteiger partial charge on any atom is 0.413 e. The van der Waals surface area contributed by atoms with Crippen molar-refractivity contribution in [1.82, 2.24) is 10.2 Å². The number of piperidine rings is 3. The summed E-state index contributed by atoms with van der Waals surface area (Å²) in [5, 5.41) is 6.38. The largest absolute Gasteiger partial charge is 0.413 e. The average molecular weight is 385 g/mol. The first kappa shape index (κ1) is 18.0. The number of ether oxygens (including phenoxy) is 1. The van der Waals surface area contributed by atoms with Gasteiger partial charge >= 0.3 is 6.09 Å². The highest BCUT2D eigenvalue weighted by atomic mass is 32.1. The predicted octanol–water partition coefficient (Wildman–Crippen LogP) is 3.56. The van der Waals surface area contributed by atoms with Gasteiger partial charge in [0, 0.05) is 30.1 Å². The lowest BCUT2D eigenvalue weighted by atomic mass is 9.84. The third-order valence-corrected chi connectivity index (χ3v) is 6.21. The summed E-state index contributed by atoms with van der Waals surface area (Å²) in [6.07, 6.45) is 1.92. The zero-order valence-corrected chi connectivity index (χ0v) is 16.1. The molecule has 0 spiro atoms. The van der Waals surface area contributed by atoms with Gasteiger partial charge in [0.1, 0.15) is 0 Å². The van der Waals surface area contributed by atoms with E-state index in [9.17, 15) is 9.59 Å². The van der Waals surface area contributed by atoms with E-state index in [0.29, 0.717) is 11.0 Å². The molecule has 3 saturated heterocycles. The Bertz CT molecular complexity index is 843. The molecule has 7 heteroatoms. The Morgan fingerprint density at radius 1 is 1.19 bits per heavy atom. The zero-order valence-electron chi connectivity index (χ0n) is 15.2. The van der Waals surface area contributed by atoms with Gasteiger partial charge < -0.3 is 20.3 Å². The summed E-state index contributed by atoms with van der Waals surface area (Å²) in [6, 6.07) is 11.5. The molecule has 27 heavy (non-hydrogen) atoms. The van der Waals surface area contributed by atoms with Crippen molar-refractivity contribution in [3.8, 4) is 15.5 Å². The summed E-state index contributed by atoms with van der Waals surface area (Å²) < 4.78 is 5.50. The second-order valence-electron chi connectivity index (χ2n) is 7.16. The molecule has 142 valence electrons. The molecule has 2 amide bonds. The summed E-state index contributed by atoms with van der Waals surface area (Å²) in [6.45, 7) is 4.69. The third kappa shape index (κ3) is 4.31. The lowest BCUT2D eigenvalue weighted by Crippen LogP contribution is -2.57. The van der Waals surface area contributed by atoms with E-state index in [-0.39, 0.29) is 18.0 Å². The van der Waals surface area contributed by atoms with Crippen LogP contribution in [0.3, 0.4) is 0 Å². The van der Waals surface area contributed by atoms with Gasteiger partial charge in [0.25, 0.3) is 0 Å². The van der Waals surface area contributed by atoms with Crippen molar-refractivity contribution < 1.29 is 14.3 Å². The van der Waals surface area contributed by atoms with Crippen molar-refractivity contribution in [2.75, 3.05) is 25.0 Å². The number of carbonyl (C=O) groups is 2. The molecule has 0 saturated carbocycles. The molecule has 1 aromatic carbocycles. The van der Waals surface area contributed by atoms with Crippen LogP contribution < -0.4 is 15.4 Å². The number of thiophene rings is 1. The first-order valence-electron chi connectivity index (χ1n) is 9.25. The predicted molar refractivity (Wildman–Crippen MR) is 106 cm³/mol. The highest BCUT2D eigenvalue weighted by molar-refractivity contribution is 7.17. The summed E-state index contributed by atoms with van der Waals surface area (Å²) >= 11 is 1.41. The number of hydrogen-bond acceptors (Lipinski definition) is 5. The summed E-state index contributed by atoms with van der Waals surface area (Å²) in [4.78, 5) is 26.9. The van der Waals surface area contributed by atoms with Gasteiger partial charge in [-0.05, 0) is 61.7 Å². The quantitative estimate of drug-likeness (QED) is 0.844. The molecule has 0 radical (unpaired) electrons. The molecule has 2 bridgehead atoms. The van der Waals surface area contributed by atoms with E-state index in [1.807, 2.05) is 30.3 Å². The monoisotopic (exact) mass is 385 g/mol. The van der Waals surface area contributed by atoms with E-state index >= 15 is 0 Å². The van der Waals surface area contributed by atoms with Crippen LogP contribution in [0.25, 0.3) is 10.4 Å². The average Bonchev–Trinajstić information content (AvgIpc) is 3.11. The van der Waals surface area contributed by atoms with E-state index in [1.54, 1.807) is 6.07 Å². The van der Waals surface area contributed by atoms with Crippen molar-refractivity contribution in [2.45, 2.75) is 25.8 Å². The number of anilines is 1. The van der Waals surface area contributed by atoms with Crippen LogP contribution in [0.15, 0.2) is 36.4 Å². The van der Waals surface area contributed by atoms with Crippen LogP contribution in [0.1, 0.15) is 19.8 Å². The molecule has 4 heterocycles. The van der Waals surface area contributed by atoms with Crippen LogP contribution in [-0.2, 0) is 4.79 Å². The molecule has 3 fully saturated rings. The SMILES string of the molecule is CC(=O)Nc1cccc(-c2ccc(OC(=O)N[C@H]3CN4CCC3CC4)s2)c1. The Kier molecular flexibility index (Phi) is 5.13. The first-order valence-corrected chi connectivity index (χ1v) is 10.1. The van der Waals surface area contributed by atoms with Gasteiger partial charge in [0.05, 0.1) is 0 Å². The topological polar surface area (TPSA) is 70.7 Å². The summed E-state index contributed by atoms with van der Waals surface area (Å²) in [7, 11) is 0. The number of nitrogens with zero attached hydrogens (tertiary/aromatic N) is 1. The number of benzene rings is 1. The molecule has 2 aromatic rings. The van der Waals surface area contributed by atoms with E-state index in [2.05, 4.69) is 15.5 Å². The Morgan fingerprint density at radius 2 is 2.00 bits per heavy atom. The van der Waals surface area contributed by atoms with Crippen molar-refractivity contribution in [1.29, 1.82) is 0 Å². The summed E-state index contributed by atoms with van der Waals surface area (Å²) in [5.74, 6) is 0.463. The van der Waals surface area contributed by atoms with Crippen molar-refractivity contribution in [2.24, 2.45) is 5.92 Å². The molecule has 1 aromatic heterocycles. The minimum atomic E-state index is -0.380. The molecule has 3 aliphatic heterocycles. The van der Waals surface area contributed by atoms with E-state index in [4.69, 9.17) is 4.74 Å². The molecule has 0 aliphatic carbocycles. The van der Waals surface area contributed by atoms with Gasteiger partial charge in [-0.25, -0.2) is 4.79 Å². The van der Waals surface area contributed by atoms with Crippen LogP contribution >= 0.6 is 11.3 Å². The van der Waals surface area contributed by atoms with Crippen molar-refractivity contribution in [3.05, 3.63) is 36.4 Å². The Labute approximate surface area is 162 Å². The normalized spacial score (nSPS) is 23.7. The van der Waals surface area contributed by atoms with Crippen molar-refractivity contribution >= 4 is 29.0 Å². The van der Waals surface area contributed by atoms with E-state index in [0.717, 1.165) is 48.6 Å². The van der Waals surface area contributed by atoms with Crippen LogP contribution in [0.2, 0.25) is 0 Å². The lowest BCUT2D eigenvalue weighted by Gasteiger charge is -2.44. The van der Waals surface area contributed by atoms with Crippen LogP contribution in [0, 0.1) is 5.92 Å². The maximum atomic E-state index is 12.3. The maximum absolute atomic E-state index is 12.3. The van der Waals surface area contributed by atoms with E-state index < -0.39 is 0 Å². The third-order valence-electron chi connectivity index (χ3n) is 5.20. The lowest BCUT2D eigenvalue weighted by molar-refractivity contribution is -0.114. The second-order valence-corrected chi connectivity index (χ2v) is 8.21. The highest BCUT2D eigenvalue weighted by Gasteiger charge is 2.35. The standard InChI is InChI=1S/C20H23N3O3S/c1-13(24)21-16-4-2-3-15(11-16)18-5-6-19(27-18)26-20(25)22-17-12-23-9-7-14(17)8-10-23/h2-6,11,14,17H,7-10,12H2,1H3,(H,21,24)(H,22,25)/t17-/m0/s1. The number of carbonyl (C=O) groups excluding carboxylic acids is 2. The fourth-order valence-electron chi connectivity index (χ4n) is 3.88. The minimum absolute atomic E-state index is 0.105. The second kappa shape index (κ2) is 7.70. The van der Waals surface area contributed by atoms with Gasteiger partial charge in [0.2, 0.25) is 5.91 Å². The van der Waals surface area contributed by atoms with Crippen LogP contribution in [0.4, 0.5) is 10.5 Å². The van der Waals surface area contributed by atoms with Crippen molar-refractivity contribution in [3.63, 3.8) is 0 Å². The Morgan fingerprint density at radius 3 is 2.70 bits per heavy atom. The van der Waals surface area contributed by atoms with Gasteiger partial charge in [0.15, 0.2) is 5.06 Å². The van der Waals surface area contributed by atoms with Crippen LogP contribution in [-0.4, -0.2) is 42.6 Å². The van der Waals surface area contributed by atoms with E-state index in [1.165, 1.54) is 18.3 Å². The zero-order chi connectivity index (χ0) is 18.8. The number of fused-ring (bicyclic) bond motifs is 3. The fraction of sp³-hybridized carbons (Fsp3) is 0.400. The van der Waals surface area contributed by atoms with Gasteiger partial charge in [-0.3, -0.25) is 4.79 Å². The van der Waals surface area contributed by atoms with Gasteiger partial charge in [-0.1, -0.05) is 23.5 Å². The highest BCUT2D eigenvalue weighted by Crippen LogP contribution is 2.34. The molecule has 6 nitrogen and oxygen atoms in total. The smallest absolute Gasteiger partial charge is 0.399 e. The Hall–Kier alpha value is -2.38. The first-order chi connectivity index (χ1) is 13.1. The number of rotatable bonds is 4. The fourth-order valence-corrected chi connectivity index (χ4v) is 4.74. The number of hydrogen-bond donors (Lipinski definition) is 2.